The van der Waals surface area contributed by atoms with Gasteiger partial charge in [0.2, 0.25) is 11.9 Å². The third kappa shape index (κ3) is 4.55. The van der Waals surface area contributed by atoms with E-state index in [0.717, 1.165) is 30.5 Å². The van der Waals surface area contributed by atoms with E-state index in [2.05, 4.69) is 25.9 Å². The molecule has 4 heterocycles. The molecule has 9 heteroatoms. The summed E-state index contributed by atoms with van der Waals surface area (Å²) in [5.74, 6) is 1.64. The van der Waals surface area contributed by atoms with Crippen LogP contribution in [0.4, 0.5) is 11.8 Å². The molecule has 2 saturated heterocycles. The monoisotopic (exact) mass is 397 g/mol. The molecule has 0 unspecified atom stereocenters. The van der Waals surface area contributed by atoms with Gasteiger partial charge in [-0.05, 0) is 32.3 Å². The lowest BCUT2D eigenvalue weighted by molar-refractivity contribution is -0.132. The molecule has 0 bridgehead atoms. The Morgan fingerprint density at radius 3 is 2.48 bits per heavy atom. The number of aryl methyl sites for hydroxylation is 1. The summed E-state index contributed by atoms with van der Waals surface area (Å²) < 4.78 is 1.20. The number of amides is 1. The highest BCUT2D eigenvalue weighted by molar-refractivity contribution is 5.76. The van der Waals surface area contributed by atoms with Gasteiger partial charge in [-0.25, -0.2) is 9.67 Å². The molecule has 0 atom stereocenters. The number of carbonyl (C=O) groups excluding carboxylic acids is 1. The second kappa shape index (κ2) is 8.59. The van der Waals surface area contributed by atoms with Crippen LogP contribution in [0.2, 0.25) is 0 Å². The maximum atomic E-state index is 12.5. The van der Waals surface area contributed by atoms with Crippen LogP contribution in [0.5, 0.6) is 0 Å². The normalized spacial score (nSPS) is 17.5. The van der Waals surface area contributed by atoms with E-state index in [1.165, 1.54) is 36.2 Å². The summed E-state index contributed by atoms with van der Waals surface area (Å²) >= 11 is 0. The Morgan fingerprint density at radius 2 is 1.76 bits per heavy atom. The Morgan fingerprint density at radius 1 is 1.00 bits per heavy atom. The number of hydrogen-bond acceptors (Lipinski definition) is 7. The number of hydrogen-bond donors (Lipinski definition) is 0. The summed E-state index contributed by atoms with van der Waals surface area (Å²) in [5.41, 5.74) is 0.696. The van der Waals surface area contributed by atoms with E-state index in [0.29, 0.717) is 26.2 Å². The van der Waals surface area contributed by atoms with Crippen molar-refractivity contribution in [1.82, 2.24) is 24.6 Å². The fourth-order valence-electron chi connectivity index (χ4n) is 3.85. The first-order valence-corrected chi connectivity index (χ1v) is 10.3. The average Bonchev–Trinajstić information content (AvgIpc) is 2.75. The minimum absolute atomic E-state index is 0.0280. The zero-order valence-electron chi connectivity index (χ0n) is 16.8. The molecular weight excluding hydrogens is 370 g/mol. The maximum absolute atomic E-state index is 12.5. The molecule has 1 amide bonds. The van der Waals surface area contributed by atoms with Crippen molar-refractivity contribution in [3.05, 3.63) is 40.4 Å². The van der Waals surface area contributed by atoms with E-state index >= 15 is 0 Å². The van der Waals surface area contributed by atoms with Crippen LogP contribution in [0.15, 0.2) is 29.2 Å². The molecule has 154 valence electrons. The third-order valence-corrected chi connectivity index (χ3v) is 5.49. The second-order valence-corrected chi connectivity index (χ2v) is 7.60. The molecule has 0 aromatic carbocycles. The molecule has 4 rings (SSSR count). The zero-order chi connectivity index (χ0) is 20.2. The fraction of sp³-hybridized carbons (Fsp3) is 0.550. The van der Waals surface area contributed by atoms with E-state index in [4.69, 9.17) is 4.98 Å². The van der Waals surface area contributed by atoms with Gasteiger partial charge < -0.3 is 14.7 Å². The van der Waals surface area contributed by atoms with Crippen molar-refractivity contribution < 1.29 is 4.79 Å². The van der Waals surface area contributed by atoms with Gasteiger partial charge in [0.05, 0.1) is 0 Å². The smallest absolute Gasteiger partial charge is 0.267 e. The van der Waals surface area contributed by atoms with Crippen LogP contribution in [-0.4, -0.2) is 69.8 Å². The second-order valence-electron chi connectivity index (χ2n) is 7.60. The number of piperidine rings is 1. The first-order chi connectivity index (χ1) is 14.1. The van der Waals surface area contributed by atoms with Crippen molar-refractivity contribution in [2.24, 2.45) is 0 Å². The van der Waals surface area contributed by atoms with Crippen molar-refractivity contribution in [2.75, 3.05) is 49.1 Å². The molecule has 2 aliphatic rings. The minimum Gasteiger partial charge on any atom is -0.356 e. The SMILES string of the molecule is Cc1cc(N2CCCCC2)nc(N2CCN(C(=O)Cn3ncccc3=O)CC2)n1. The summed E-state index contributed by atoms with van der Waals surface area (Å²) in [5, 5.41) is 3.96. The number of piperazine rings is 1. The van der Waals surface area contributed by atoms with E-state index in [1.807, 2.05) is 6.92 Å². The molecule has 9 nitrogen and oxygen atoms in total. The van der Waals surface area contributed by atoms with Crippen LogP contribution < -0.4 is 15.4 Å². The Bertz CT molecular complexity index is 915. The van der Waals surface area contributed by atoms with Crippen molar-refractivity contribution in [3.63, 3.8) is 0 Å². The Balaban J connectivity index is 1.39. The highest BCUT2D eigenvalue weighted by Crippen LogP contribution is 2.22. The van der Waals surface area contributed by atoms with Crippen LogP contribution >= 0.6 is 0 Å². The molecule has 2 aromatic heterocycles. The number of aromatic nitrogens is 4. The zero-order valence-corrected chi connectivity index (χ0v) is 16.8. The van der Waals surface area contributed by atoms with Crippen LogP contribution in [0, 0.1) is 6.92 Å². The topological polar surface area (TPSA) is 87.5 Å². The van der Waals surface area contributed by atoms with Crippen molar-refractivity contribution in [1.29, 1.82) is 0 Å². The standard InChI is InChI=1S/C20H27N7O2/c1-16-14-17(24-8-3-2-4-9-24)23-20(22-16)26-12-10-25(11-13-26)19(29)15-27-18(28)6-5-7-21-27/h5-7,14H,2-4,8-13,15H2,1H3. The predicted molar refractivity (Wildman–Crippen MR) is 110 cm³/mol. The van der Waals surface area contributed by atoms with Crippen LogP contribution in [0.3, 0.4) is 0 Å². The molecule has 0 radical (unpaired) electrons. The van der Waals surface area contributed by atoms with E-state index < -0.39 is 0 Å². The van der Waals surface area contributed by atoms with Gasteiger partial charge in [0, 0.05) is 63.3 Å². The highest BCUT2D eigenvalue weighted by Gasteiger charge is 2.24. The molecule has 2 aromatic rings. The lowest BCUT2D eigenvalue weighted by atomic mass is 10.1. The maximum Gasteiger partial charge on any atom is 0.267 e. The van der Waals surface area contributed by atoms with Gasteiger partial charge in [0.25, 0.3) is 5.56 Å². The van der Waals surface area contributed by atoms with E-state index in [9.17, 15) is 9.59 Å². The summed E-state index contributed by atoms with van der Waals surface area (Å²) in [6.07, 6.45) is 5.21. The average molecular weight is 397 g/mol. The molecule has 0 spiro atoms. The lowest BCUT2D eigenvalue weighted by Crippen LogP contribution is -2.50. The van der Waals surface area contributed by atoms with Gasteiger partial charge in [-0.3, -0.25) is 9.59 Å². The predicted octanol–water partition coefficient (Wildman–Crippen LogP) is 0.681. The molecule has 0 aliphatic carbocycles. The van der Waals surface area contributed by atoms with Gasteiger partial charge in [0.15, 0.2) is 0 Å². The number of rotatable bonds is 4. The van der Waals surface area contributed by atoms with E-state index in [-0.39, 0.29) is 18.0 Å². The van der Waals surface area contributed by atoms with Crippen LogP contribution in [0.1, 0.15) is 25.0 Å². The van der Waals surface area contributed by atoms with Gasteiger partial charge in [-0.2, -0.15) is 10.1 Å². The minimum atomic E-state index is -0.266. The molecule has 29 heavy (non-hydrogen) atoms. The van der Waals surface area contributed by atoms with Crippen molar-refractivity contribution >= 4 is 17.7 Å². The Labute approximate surface area is 170 Å². The van der Waals surface area contributed by atoms with Gasteiger partial charge >= 0.3 is 0 Å². The summed E-state index contributed by atoms with van der Waals surface area (Å²) in [6, 6.07) is 5.04. The van der Waals surface area contributed by atoms with Gasteiger partial charge in [-0.15, -0.1) is 0 Å². The molecular formula is C20H27N7O2. The van der Waals surface area contributed by atoms with E-state index in [1.54, 1.807) is 11.0 Å². The number of nitrogens with zero attached hydrogens (tertiary/aromatic N) is 7. The molecule has 0 saturated carbocycles. The third-order valence-electron chi connectivity index (χ3n) is 5.49. The van der Waals surface area contributed by atoms with Crippen LogP contribution in [-0.2, 0) is 11.3 Å². The molecule has 2 fully saturated rings. The van der Waals surface area contributed by atoms with Crippen molar-refractivity contribution in [3.8, 4) is 0 Å². The summed E-state index contributed by atoms with van der Waals surface area (Å²) in [6.45, 7) is 6.57. The van der Waals surface area contributed by atoms with Crippen LogP contribution in [0.25, 0.3) is 0 Å². The first kappa shape index (κ1) is 19.4. The summed E-state index contributed by atoms with van der Waals surface area (Å²) in [7, 11) is 0. The Kier molecular flexibility index (Phi) is 5.73. The number of carbonyl (C=O) groups is 1. The van der Waals surface area contributed by atoms with Gasteiger partial charge in [0.1, 0.15) is 12.4 Å². The Hall–Kier alpha value is -2.97. The van der Waals surface area contributed by atoms with Crippen molar-refractivity contribution in [2.45, 2.75) is 32.7 Å². The highest BCUT2D eigenvalue weighted by atomic mass is 16.2. The summed E-state index contributed by atoms with van der Waals surface area (Å²) in [4.78, 5) is 40.0. The quantitative estimate of drug-likeness (QED) is 0.750. The first-order valence-electron chi connectivity index (χ1n) is 10.3. The fourth-order valence-corrected chi connectivity index (χ4v) is 3.85. The number of anilines is 2. The largest absolute Gasteiger partial charge is 0.356 e. The lowest BCUT2D eigenvalue weighted by Gasteiger charge is -2.35. The van der Waals surface area contributed by atoms with Gasteiger partial charge in [-0.1, -0.05) is 0 Å². The molecule has 2 aliphatic heterocycles. The molecule has 0 N–H and O–H groups in total.